The monoisotopic (exact) mass is 550 g/mol. The Morgan fingerprint density at radius 3 is 1.95 bits per heavy atom. The number of hydrogen-bond acceptors (Lipinski definition) is 8. The summed E-state index contributed by atoms with van der Waals surface area (Å²) in [5.74, 6) is -4.04. The van der Waals surface area contributed by atoms with Gasteiger partial charge in [-0.05, 0) is 55.8 Å². The van der Waals surface area contributed by atoms with Crippen molar-refractivity contribution in [1.82, 2.24) is 16.0 Å². The van der Waals surface area contributed by atoms with Crippen molar-refractivity contribution in [2.24, 2.45) is 23.1 Å². The Labute approximate surface area is 228 Å². The van der Waals surface area contributed by atoms with Gasteiger partial charge in [0, 0.05) is 12.8 Å². The van der Waals surface area contributed by atoms with E-state index in [0.29, 0.717) is 31.4 Å². The summed E-state index contributed by atoms with van der Waals surface area (Å²) in [5, 5.41) is 26.7. The number of unbranched alkanes of at least 4 members (excludes halogenated alkanes) is 1. The van der Waals surface area contributed by atoms with Crippen molar-refractivity contribution in [3.63, 3.8) is 0 Å². The highest BCUT2D eigenvalue weighted by atomic mass is 16.4. The zero-order valence-corrected chi connectivity index (χ0v) is 22.5. The van der Waals surface area contributed by atoms with E-state index in [4.69, 9.17) is 17.2 Å². The second kappa shape index (κ2) is 17.0. The molecule has 13 heteroatoms. The first-order chi connectivity index (χ1) is 18.3. The SMILES string of the molecule is CC(C)CC(NC(=O)C(N)CCCCN)C(=O)NC(Cc1ccc(O)cc1)C(=O)NC(CCC(N)=O)C(=O)O. The van der Waals surface area contributed by atoms with E-state index >= 15 is 0 Å². The average molecular weight is 551 g/mol. The van der Waals surface area contributed by atoms with E-state index < -0.39 is 53.8 Å². The van der Waals surface area contributed by atoms with Crippen molar-refractivity contribution in [3.05, 3.63) is 29.8 Å². The van der Waals surface area contributed by atoms with Gasteiger partial charge in [-0.1, -0.05) is 32.4 Å². The van der Waals surface area contributed by atoms with E-state index in [1.807, 2.05) is 13.8 Å². The Morgan fingerprint density at radius 1 is 0.846 bits per heavy atom. The van der Waals surface area contributed by atoms with Gasteiger partial charge in [-0.25, -0.2) is 4.79 Å². The van der Waals surface area contributed by atoms with Crippen molar-refractivity contribution >= 4 is 29.6 Å². The minimum absolute atomic E-state index is 0.00342. The van der Waals surface area contributed by atoms with Crippen LogP contribution in [0.2, 0.25) is 0 Å². The molecule has 0 aliphatic rings. The molecular formula is C26H42N6O7. The number of phenolic OH excluding ortho intramolecular Hbond substituents is 1. The van der Waals surface area contributed by atoms with E-state index in [1.54, 1.807) is 12.1 Å². The summed E-state index contributed by atoms with van der Waals surface area (Å²) in [4.78, 5) is 61.9. The summed E-state index contributed by atoms with van der Waals surface area (Å²) in [6, 6.07) is 1.44. The summed E-state index contributed by atoms with van der Waals surface area (Å²) < 4.78 is 0. The van der Waals surface area contributed by atoms with Crippen LogP contribution in [-0.4, -0.2) is 70.5 Å². The molecule has 0 aromatic heterocycles. The largest absolute Gasteiger partial charge is 0.508 e. The van der Waals surface area contributed by atoms with Crippen LogP contribution in [0.4, 0.5) is 0 Å². The minimum atomic E-state index is -1.41. The number of carboxylic acid groups (broad SMARTS) is 1. The van der Waals surface area contributed by atoms with Crippen LogP contribution in [0, 0.1) is 5.92 Å². The topological polar surface area (TPSA) is 240 Å². The zero-order chi connectivity index (χ0) is 29.5. The second-order valence-electron chi connectivity index (χ2n) is 9.92. The number of nitrogens with two attached hydrogens (primary N) is 3. The van der Waals surface area contributed by atoms with E-state index in [2.05, 4.69) is 16.0 Å². The number of carbonyl (C=O) groups excluding carboxylic acids is 4. The molecule has 0 heterocycles. The Bertz CT molecular complexity index is 970. The van der Waals surface area contributed by atoms with Crippen LogP contribution >= 0.6 is 0 Å². The molecule has 1 aromatic rings. The Morgan fingerprint density at radius 2 is 1.41 bits per heavy atom. The first kappa shape index (κ1) is 33.3. The number of aliphatic carboxylic acids is 1. The number of rotatable bonds is 18. The van der Waals surface area contributed by atoms with Crippen LogP contribution in [-0.2, 0) is 30.4 Å². The zero-order valence-electron chi connectivity index (χ0n) is 22.5. The maximum absolute atomic E-state index is 13.3. The number of benzene rings is 1. The van der Waals surface area contributed by atoms with Gasteiger partial charge < -0.3 is 43.4 Å². The third-order valence-corrected chi connectivity index (χ3v) is 5.95. The van der Waals surface area contributed by atoms with Crippen LogP contribution in [0.15, 0.2) is 24.3 Å². The Kier molecular flexibility index (Phi) is 14.5. The predicted molar refractivity (Wildman–Crippen MR) is 144 cm³/mol. The molecule has 0 aliphatic carbocycles. The molecule has 4 unspecified atom stereocenters. The number of amides is 4. The molecule has 1 aromatic carbocycles. The van der Waals surface area contributed by atoms with E-state index in [-0.39, 0.29) is 37.4 Å². The van der Waals surface area contributed by atoms with Crippen LogP contribution in [0.1, 0.15) is 57.9 Å². The summed E-state index contributed by atoms with van der Waals surface area (Å²) in [6.45, 7) is 4.21. The van der Waals surface area contributed by atoms with Gasteiger partial charge in [-0.15, -0.1) is 0 Å². The molecule has 218 valence electrons. The number of nitrogens with one attached hydrogen (secondary N) is 3. The summed E-state index contributed by atoms with van der Waals surface area (Å²) in [6.07, 6.45) is 1.48. The van der Waals surface area contributed by atoms with Gasteiger partial charge in [-0.3, -0.25) is 19.2 Å². The molecule has 4 atom stereocenters. The summed E-state index contributed by atoms with van der Waals surface area (Å²) >= 11 is 0. The quantitative estimate of drug-likeness (QED) is 0.107. The first-order valence-electron chi connectivity index (χ1n) is 13.0. The molecule has 0 fully saturated rings. The van der Waals surface area contributed by atoms with Crippen LogP contribution in [0.5, 0.6) is 5.75 Å². The lowest BCUT2D eigenvalue weighted by Gasteiger charge is -2.26. The molecule has 0 bridgehead atoms. The van der Waals surface area contributed by atoms with Crippen molar-refractivity contribution in [2.45, 2.75) is 83.0 Å². The van der Waals surface area contributed by atoms with Crippen molar-refractivity contribution in [3.8, 4) is 5.75 Å². The number of carbonyl (C=O) groups is 5. The normalized spacial score (nSPS) is 14.1. The highest BCUT2D eigenvalue weighted by Gasteiger charge is 2.31. The highest BCUT2D eigenvalue weighted by Crippen LogP contribution is 2.13. The molecule has 0 saturated heterocycles. The van der Waals surface area contributed by atoms with Gasteiger partial charge in [0.25, 0.3) is 0 Å². The summed E-state index contributed by atoms with van der Waals surface area (Å²) in [5.41, 5.74) is 17.1. The van der Waals surface area contributed by atoms with E-state index in [1.165, 1.54) is 12.1 Å². The minimum Gasteiger partial charge on any atom is -0.508 e. The fraction of sp³-hybridized carbons (Fsp3) is 0.577. The van der Waals surface area contributed by atoms with Gasteiger partial charge in [0.15, 0.2) is 0 Å². The Hall–Kier alpha value is -3.71. The first-order valence-corrected chi connectivity index (χ1v) is 13.0. The third-order valence-electron chi connectivity index (χ3n) is 5.95. The van der Waals surface area contributed by atoms with Crippen molar-refractivity contribution in [2.75, 3.05) is 6.54 Å². The second-order valence-corrected chi connectivity index (χ2v) is 9.92. The number of carboxylic acids is 1. The molecule has 0 radical (unpaired) electrons. The lowest BCUT2D eigenvalue weighted by atomic mass is 10.00. The molecule has 4 amide bonds. The molecule has 0 spiro atoms. The van der Waals surface area contributed by atoms with Crippen LogP contribution in [0.25, 0.3) is 0 Å². The molecule has 1 rings (SSSR count). The number of phenols is 1. The van der Waals surface area contributed by atoms with Crippen molar-refractivity contribution < 1.29 is 34.2 Å². The van der Waals surface area contributed by atoms with Gasteiger partial charge in [0.05, 0.1) is 6.04 Å². The van der Waals surface area contributed by atoms with Crippen molar-refractivity contribution in [1.29, 1.82) is 0 Å². The molecule has 11 N–H and O–H groups in total. The van der Waals surface area contributed by atoms with E-state index in [0.717, 1.165) is 0 Å². The van der Waals surface area contributed by atoms with Gasteiger partial charge >= 0.3 is 5.97 Å². The van der Waals surface area contributed by atoms with Gasteiger partial charge in [0.1, 0.15) is 23.9 Å². The fourth-order valence-corrected chi connectivity index (χ4v) is 3.79. The van der Waals surface area contributed by atoms with E-state index in [9.17, 15) is 34.2 Å². The summed E-state index contributed by atoms with van der Waals surface area (Å²) in [7, 11) is 0. The maximum atomic E-state index is 13.3. The smallest absolute Gasteiger partial charge is 0.326 e. The fourth-order valence-electron chi connectivity index (χ4n) is 3.79. The highest BCUT2D eigenvalue weighted by molar-refractivity contribution is 5.94. The van der Waals surface area contributed by atoms with Crippen LogP contribution < -0.4 is 33.2 Å². The molecule has 13 nitrogen and oxygen atoms in total. The molecular weight excluding hydrogens is 508 g/mol. The average Bonchev–Trinajstić information content (AvgIpc) is 2.86. The Balaban J connectivity index is 3.12. The van der Waals surface area contributed by atoms with Crippen LogP contribution in [0.3, 0.4) is 0 Å². The number of hydrogen-bond donors (Lipinski definition) is 8. The predicted octanol–water partition coefficient (Wildman–Crippen LogP) is -0.758. The van der Waals surface area contributed by atoms with Gasteiger partial charge in [-0.2, -0.15) is 0 Å². The lowest BCUT2D eigenvalue weighted by Crippen LogP contribution is -2.57. The molecule has 0 saturated carbocycles. The number of aromatic hydroxyl groups is 1. The number of primary amides is 1. The van der Waals surface area contributed by atoms with Gasteiger partial charge in [0.2, 0.25) is 23.6 Å². The molecule has 0 aliphatic heterocycles. The maximum Gasteiger partial charge on any atom is 0.326 e. The lowest BCUT2D eigenvalue weighted by molar-refractivity contribution is -0.142. The molecule has 39 heavy (non-hydrogen) atoms. The third kappa shape index (κ3) is 13.1. The standard InChI is InChI=1S/C26H42N6O7/c1-15(2)13-20(31-23(35)18(28)5-3-4-12-27)24(36)32-21(14-16-6-8-17(33)9-7-16)25(37)30-19(26(38)39)10-11-22(29)34/h6-9,15,18-21,33H,3-5,10-14,27-28H2,1-2H3,(H2,29,34)(H,30,37)(H,31,35)(H,32,36)(H,38,39).